The Morgan fingerprint density at radius 1 is 1.16 bits per heavy atom. The normalized spacial score (nSPS) is 19.5. The second-order valence-corrected chi connectivity index (χ2v) is 8.56. The first-order chi connectivity index (χ1) is 15.1. The highest BCUT2D eigenvalue weighted by atomic mass is 32.1. The van der Waals surface area contributed by atoms with Crippen LogP contribution in [0.25, 0.3) is 0 Å². The Morgan fingerprint density at radius 3 is 2.65 bits per heavy atom. The van der Waals surface area contributed by atoms with Gasteiger partial charge in [0, 0.05) is 25.9 Å². The van der Waals surface area contributed by atoms with Gasteiger partial charge in [0.05, 0.1) is 6.61 Å². The molecule has 31 heavy (non-hydrogen) atoms. The second kappa shape index (κ2) is 9.51. The Labute approximate surface area is 184 Å². The average Bonchev–Trinajstić information content (AvgIpc) is 3.44. The first-order valence-electron chi connectivity index (χ1n) is 10.5. The van der Waals surface area contributed by atoms with Crippen molar-refractivity contribution in [2.75, 3.05) is 25.1 Å². The Morgan fingerprint density at radius 2 is 1.90 bits per heavy atom. The van der Waals surface area contributed by atoms with Crippen molar-refractivity contribution in [2.24, 2.45) is 0 Å². The summed E-state index contributed by atoms with van der Waals surface area (Å²) < 4.78 is 16.4. The molecule has 166 valence electrons. The molecular formula is C21H26N4O5S. The molecule has 0 N–H and O–H groups in total. The standard InChI is InChI=1S/C21H26N4O5S/c1-3-28-15-10-6-7-11-16(15)29-21(27)30-17-12-13-24(2)20(26)25(17)19-23-22-18(31-19)14-8-4-5-9-14/h6-7,10-11,14,17H,3-5,8-9,12-13H2,1-2H3. The van der Waals surface area contributed by atoms with Crippen molar-refractivity contribution in [2.45, 2.75) is 51.2 Å². The van der Waals surface area contributed by atoms with E-state index < -0.39 is 12.4 Å². The van der Waals surface area contributed by atoms with Gasteiger partial charge in [-0.25, -0.2) is 14.5 Å². The minimum Gasteiger partial charge on any atom is -0.490 e. The molecule has 2 aliphatic rings. The number of carbonyl (C=O) groups is 2. The maximum Gasteiger partial charge on any atom is 0.515 e. The number of anilines is 1. The fourth-order valence-electron chi connectivity index (χ4n) is 3.85. The van der Waals surface area contributed by atoms with E-state index >= 15 is 0 Å². The number of ether oxygens (including phenoxy) is 3. The number of rotatable bonds is 6. The van der Waals surface area contributed by atoms with Gasteiger partial charge in [-0.05, 0) is 31.9 Å². The number of amides is 2. The summed E-state index contributed by atoms with van der Waals surface area (Å²) in [5, 5.41) is 9.93. The number of nitrogens with zero attached hydrogens (tertiary/aromatic N) is 4. The number of aromatic nitrogens is 2. The number of carbonyl (C=O) groups excluding carboxylic acids is 2. The van der Waals surface area contributed by atoms with E-state index in [0.29, 0.717) is 36.4 Å². The predicted octanol–water partition coefficient (Wildman–Crippen LogP) is 4.40. The Balaban J connectivity index is 1.49. The van der Waals surface area contributed by atoms with Gasteiger partial charge in [-0.2, -0.15) is 0 Å². The molecule has 2 fully saturated rings. The summed E-state index contributed by atoms with van der Waals surface area (Å²) in [6.45, 7) is 2.74. The van der Waals surface area contributed by atoms with Crippen LogP contribution in [0, 0.1) is 0 Å². The molecule has 1 aliphatic heterocycles. The van der Waals surface area contributed by atoms with E-state index in [4.69, 9.17) is 14.2 Å². The number of urea groups is 1. The van der Waals surface area contributed by atoms with Crippen molar-refractivity contribution in [3.63, 3.8) is 0 Å². The molecule has 1 aromatic carbocycles. The lowest BCUT2D eigenvalue weighted by Crippen LogP contribution is -2.55. The monoisotopic (exact) mass is 446 g/mol. The summed E-state index contributed by atoms with van der Waals surface area (Å²) in [6.07, 6.45) is 3.27. The van der Waals surface area contributed by atoms with Crippen molar-refractivity contribution in [3.8, 4) is 11.5 Å². The third-order valence-corrected chi connectivity index (χ3v) is 6.53. The Hall–Kier alpha value is -2.88. The first kappa shape index (κ1) is 21.4. The molecule has 0 radical (unpaired) electrons. The van der Waals surface area contributed by atoms with Gasteiger partial charge in [0.15, 0.2) is 17.7 Å². The van der Waals surface area contributed by atoms with Gasteiger partial charge in [0.25, 0.3) is 0 Å². The van der Waals surface area contributed by atoms with Crippen LogP contribution in [0.15, 0.2) is 24.3 Å². The van der Waals surface area contributed by atoms with E-state index in [9.17, 15) is 9.59 Å². The molecule has 0 spiro atoms. The highest BCUT2D eigenvalue weighted by molar-refractivity contribution is 7.15. The summed E-state index contributed by atoms with van der Waals surface area (Å²) in [5.74, 6) is 1.10. The lowest BCUT2D eigenvalue weighted by atomic mass is 10.1. The summed E-state index contributed by atoms with van der Waals surface area (Å²) in [6, 6.07) is 6.58. The van der Waals surface area contributed by atoms with E-state index in [0.717, 1.165) is 17.8 Å². The van der Waals surface area contributed by atoms with Crippen molar-refractivity contribution in [3.05, 3.63) is 29.3 Å². The van der Waals surface area contributed by atoms with Crippen LogP contribution in [0.1, 0.15) is 50.0 Å². The predicted molar refractivity (Wildman–Crippen MR) is 115 cm³/mol. The van der Waals surface area contributed by atoms with E-state index in [1.54, 1.807) is 36.2 Å². The molecule has 1 aliphatic carbocycles. The van der Waals surface area contributed by atoms with Gasteiger partial charge in [0.2, 0.25) is 5.13 Å². The Bertz CT molecular complexity index is 930. The summed E-state index contributed by atoms with van der Waals surface area (Å²) in [4.78, 5) is 28.4. The molecule has 1 saturated heterocycles. The minimum atomic E-state index is -0.903. The summed E-state index contributed by atoms with van der Waals surface area (Å²) in [7, 11) is 1.71. The van der Waals surface area contributed by atoms with Gasteiger partial charge >= 0.3 is 12.2 Å². The van der Waals surface area contributed by atoms with Gasteiger partial charge in [-0.3, -0.25) is 0 Å². The van der Waals surface area contributed by atoms with Gasteiger partial charge < -0.3 is 19.1 Å². The molecule has 4 rings (SSSR count). The van der Waals surface area contributed by atoms with Crippen LogP contribution in [0.2, 0.25) is 0 Å². The molecule has 9 nitrogen and oxygen atoms in total. The zero-order valence-electron chi connectivity index (χ0n) is 17.7. The van der Waals surface area contributed by atoms with E-state index in [-0.39, 0.29) is 11.8 Å². The van der Waals surface area contributed by atoms with Crippen molar-refractivity contribution in [1.29, 1.82) is 0 Å². The fraction of sp³-hybridized carbons (Fsp3) is 0.524. The van der Waals surface area contributed by atoms with E-state index in [1.165, 1.54) is 29.1 Å². The number of hydrogen-bond donors (Lipinski definition) is 0. The quantitative estimate of drug-likeness (QED) is 0.479. The number of benzene rings is 1. The summed E-state index contributed by atoms with van der Waals surface area (Å²) in [5.41, 5.74) is 0. The average molecular weight is 447 g/mol. The SMILES string of the molecule is CCOc1ccccc1OC(=O)OC1CCN(C)C(=O)N1c1nnc(C2CCCC2)s1. The number of hydrogen-bond acceptors (Lipinski definition) is 8. The van der Waals surface area contributed by atoms with Crippen molar-refractivity contribution < 1.29 is 23.8 Å². The van der Waals surface area contributed by atoms with Crippen LogP contribution < -0.4 is 14.4 Å². The minimum absolute atomic E-state index is 0.264. The van der Waals surface area contributed by atoms with Gasteiger partial charge in [-0.1, -0.05) is 36.3 Å². The van der Waals surface area contributed by atoms with Crippen molar-refractivity contribution >= 4 is 28.7 Å². The maximum atomic E-state index is 12.9. The van der Waals surface area contributed by atoms with E-state index in [2.05, 4.69) is 10.2 Å². The van der Waals surface area contributed by atoms with Crippen LogP contribution in [0.3, 0.4) is 0 Å². The highest BCUT2D eigenvalue weighted by Crippen LogP contribution is 2.38. The third-order valence-electron chi connectivity index (χ3n) is 5.45. The smallest absolute Gasteiger partial charge is 0.490 e. The molecular weight excluding hydrogens is 420 g/mol. The first-order valence-corrected chi connectivity index (χ1v) is 11.4. The molecule has 1 unspecified atom stereocenters. The molecule has 1 aromatic heterocycles. The topological polar surface area (TPSA) is 94.1 Å². The Kier molecular flexibility index (Phi) is 6.55. The van der Waals surface area contributed by atoms with Crippen molar-refractivity contribution in [1.82, 2.24) is 15.1 Å². The molecule has 2 aromatic rings. The molecule has 1 saturated carbocycles. The van der Waals surface area contributed by atoms with Crippen LogP contribution in [0.4, 0.5) is 14.7 Å². The summed E-state index contributed by atoms with van der Waals surface area (Å²) >= 11 is 1.39. The molecule has 2 amide bonds. The zero-order chi connectivity index (χ0) is 21.8. The lowest BCUT2D eigenvalue weighted by molar-refractivity contribution is 0.0427. The van der Waals surface area contributed by atoms with Crippen LogP contribution >= 0.6 is 11.3 Å². The number of para-hydroxylation sites is 2. The molecule has 10 heteroatoms. The van der Waals surface area contributed by atoms with Gasteiger partial charge in [0.1, 0.15) is 5.01 Å². The largest absolute Gasteiger partial charge is 0.515 e. The van der Waals surface area contributed by atoms with Crippen LogP contribution in [-0.2, 0) is 4.74 Å². The fourth-order valence-corrected chi connectivity index (χ4v) is 4.89. The molecule has 1 atom stereocenters. The highest BCUT2D eigenvalue weighted by Gasteiger charge is 2.38. The van der Waals surface area contributed by atoms with Crippen LogP contribution in [-0.4, -0.2) is 53.7 Å². The van der Waals surface area contributed by atoms with Gasteiger partial charge in [-0.15, -0.1) is 10.2 Å². The lowest BCUT2D eigenvalue weighted by Gasteiger charge is -2.36. The second-order valence-electron chi connectivity index (χ2n) is 7.57. The van der Waals surface area contributed by atoms with E-state index in [1.807, 2.05) is 6.92 Å². The zero-order valence-corrected chi connectivity index (χ0v) is 18.5. The third kappa shape index (κ3) is 4.73. The maximum absolute atomic E-state index is 12.9. The van der Waals surface area contributed by atoms with Crippen LogP contribution in [0.5, 0.6) is 11.5 Å². The molecule has 0 bridgehead atoms. The molecule has 2 heterocycles.